The summed E-state index contributed by atoms with van der Waals surface area (Å²) in [5, 5.41) is 15.5. The van der Waals surface area contributed by atoms with E-state index >= 15 is 0 Å². The Labute approximate surface area is 160 Å². The number of hydrogen-bond acceptors (Lipinski definition) is 6. The van der Waals surface area contributed by atoms with E-state index in [0.29, 0.717) is 0 Å². The molecule has 0 atom stereocenters. The average Bonchev–Trinajstić information content (AvgIpc) is 3.30. The lowest BCUT2D eigenvalue weighted by Gasteiger charge is -2.08. The van der Waals surface area contributed by atoms with Crippen LogP contribution in [0, 0.1) is 6.92 Å². The standard InChI is InChI=1S/C19H17N5S2/c1-14-7-5-6-10-17(14)24-13-20-23-19(24)26-12-16-11-25-18(22-16)21-15-8-3-2-4-9-15/h2-11,13H,12H2,1H3,(H,21,22). The van der Waals surface area contributed by atoms with Gasteiger partial charge in [0, 0.05) is 16.8 Å². The third kappa shape index (κ3) is 3.79. The molecule has 130 valence electrons. The maximum Gasteiger partial charge on any atom is 0.196 e. The molecule has 4 aromatic rings. The summed E-state index contributed by atoms with van der Waals surface area (Å²) in [4.78, 5) is 4.65. The van der Waals surface area contributed by atoms with Crippen molar-refractivity contribution in [2.45, 2.75) is 17.8 Å². The van der Waals surface area contributed by atoms with Crippen LogP contribution in [0.5, 0.6) is 0 Å². The van der Waals surface area contributed by atoms with E-state index in [9.17, 15) is 0 Å². The molecule has 5 nitrogen and oxygen atoms in total. The number of aromatic nitrogens is 4. The molecular weight excluding hydrogens is 362 g/mol. The summed E-state index contributed by atoms with van der Waals surface area (Å²) in [6.07, 6.45) is 1.76. The van der Waals surface area contributed by atoms with Crippen molar-refractivity contribution in [2.24, 2.45) is 0 Å². The Bertz CT molecular complexity index is 994. The number of nitrogens with one attached hydrogen (secondary N) is 1. The largest absolute Gasteiger partial charge is 0.332 e. The van der Waals surface area contributed by atoms with E-state index in [4.69, 9.17) is 0 Å². The number of hydrogen-bond donors (Lipinski definition) is 1. The van der Waals surface area contributed by atoms with Crippen molar-refractivity contribution >= 4 is 33.9 Å². The lowest BCUT2D eigenvalue weighted by atomic mass is 10.2. The van der Waals surface area contributed by atoms with Crippen molar-refractivity contribution in [3.8, 4) is 5.69 Å². The number of rotatable bonds is 6. The number of anilines is 2. The summed E-state index contributed by atoms with van der Waals surface area (Å²) in [6.45, 7) is 2.09. The highest BCUT2D eigenvalue weighted by molar-refractivity contribution is 7.98. The first-order valence-corrected chi connectivity index (χ1v) is 10.0. The van der Waals surface area contributed by atoms with E-state index < -0.39 is 0 Å². The van der Waals surface area contributed by atoms with E-state index in [1.165, 1.54) is 5.56 Å². The monoisotopic (exact) mass is 379 g/mol. The Morgan fingerprint density at radius 1 is 1.08 bits per heavy atom. The first kappa shape index (κ1) is 16.8. The van der Waals surface area contributed by atoms with E-state index in [-0.39, 0.29) is 0 Å². The molecule has 0 saturated carbocycles. The maximum absolute atomic E-state index is 4.65. The molecule has 4 rings (SSSR count). The van der Waals surface area contributed by atoms with Crippen molar-refractivity contribution in [1.82, 2.24) is 19.7 Å². The van der Waals surface area contributed by atoms with Gasteiger partial charge >= 0.3 is 0 Å². The number of benzene rings is 2. The van der Waals surface area contributed by atoms with Crippen molar-refractivity contribution in [1.29, 1.82) is 0 Å². The van der Waals surface area contributed by atoms with Crippen LogP contribution in [0.2, 0.25) is 0 Å². The molecule has 0 aliphatic heterocycles. The Morgan fingerprint density at radius 2 is 1.88 bits per heavy atom. The highest BCUT2D eigenvalue weighted by Gasteiger charge is 2.10. The van der Waals surface area contributed by atoms with Gasteiger partial charge in [0.1, 0.15) is 6.33 Å². The zero-order valence-corrected chi connectivity index (χ0v) is 15.8. The molecule has 2 aromatic carbocycles. The van der Waals surface area contributed by atoms with Crippen LogP contribution in [-0.2, 0) is 5.75 Å². The maximum atomic E-state index is 4.65. The molecule has 26 heavy (non-hydrogen) atoms. The predicted molar refractivity (Wildman–Crippen MR) is 107 cm³/mol. The summed E-state index contributed by atoms with van der Waals surface area (Å²) in [6, 6.07) is 18.3. The smallest absolute Gasteiger partial charge is 0.196 e. The van der Waals surface area contributed by atoms with Crippen LogP contribution in [-0.4, -0.2) is 19.7 Å². The molecule has 0 fully saturated rings. The zero-order chi connectivity index (χ0) is 17.8. The molecule has 0 bridgehead atoms. The molecule has 0 radical (unpaired) electrons. The predicted octanol–water partition coefficient (Wildman–Crippen LogP) is 5.07. The second kappa shape index (κ2) is 7.72. The highest BCUT2D eigenvalue weighted by Crippen LogP contribution is 2.27. The first-order chi connectivity index (χ1) is 12.8. The molecule has 0 aliphatic carbocycles. The zero-order valence-electron chi connectivity index (χ0n) is 14.2. The minimum atomic E-state index is 0.748. The van der Waals surface area contributed by atoms with Gasteiger partial charge in [-0.2, -0.15) is 0 Å². The van der Waals surface area contributed by atoms with Crippen molar-refractivity contribution in [3.63, 3.8) is 0 Å². The third-order valence-corrected chi connectivity index (χ3v) is 5.60. The van der Waals surface area contributed by atoms with Crippen molar-refractivity contribution in [2.75, 3.05) is 5.32 Å². The first-order valence-electron chi connectivity index (χ1n) is 8.15. The second-order valence-corrected chi connectivity index (χ2v) is 7.49. The molecule has 1 N–H and O–H groups in total. The molecule has 0 spiro atoms. The fourth-order valence-corrected chi connectivity index (χ4v) is 4.19. The van der Waals surface area contributed by atoms with Gasteiger partial charge in [-0.05, 0) is 30.7 Å². The minimum Gasteiger partial charge on any atom is -0.332 e. The highest BCUT2D eigenvalue weighted by atomic mass is 32.2. The summed E-state index contributed by atoms with van der Waals surface area (Å²) < 4.78 is 2.02. The fraction of sp³-hybridized carbons (Fsp3) is 0.105. The fourth-order valence-electron chi connectivity index (χ4n) is 2.54. The molecule has 7 heteroatoms. The normalized spacial score (nSPS) is 10.8. The Kier molecular flexibility index (Phi) is 4.99. The number of thiazole rings is 1. The van der Waals surface area contributed by atoms with Gasteiger partial charge in [0.25, 0.3) is 0 Å². The molecule has 0 amide bonds. The van der Waals surface area contributed by atoms with Crippen LogP contribution in [0.1, 0.15) is 11.3 Å². The number of para-hydroxylation sites is 2. The third-order valence-electron chi connectivity index (χ3n) is 3.82. The van der Waals surface area contributed by atoms with Gasteiger partial charge in [0.2, 0.25) is 0 Å². The van der Waals surface area contributed by atoms with Gasteiger partial charge in [-0.1, -0.05) is 48.2 Å². The van der Waals surface area contributed by atoms with E-state index in [0.717, 1.165) is 33.1 Å². The lowest BCUT2D eigenvalue weighted by Crippen LogP contribution is -1.98. The van der Waals surface area contributed by atoms with Crippen LogP contribution >= 0.6 is 23.1 Å². The molecular formula is C19H17N5S2. The average molecular weight is 380 g/mol. The Hall–Kier alpha value is -2.64. The summed E-state index contributed by atoms with van der Waals surface area (Å²) >= 11 is 3.24. The summed E-state index contributed by atoms with van der Waals surface area (Å²) in [5.41, 5.74) is 4.36. The lowest BCUT2D eigenvalue weighted by molar-refractivity contribution is 0.877. The Morgan fingerprint density at radius 3 is 2.73 bits per heavy atom. The molecule has 0 saturated heterocycles. The topological polar surface area (TPSA) is 55.6 Å². The van der Waals surface area contributed by atoms with Crippen LogP contribution < -0.4 is 5.32 Å². The molecule has 0 aliphatic rings. The van der Waals surface area contributed by atoms with Crippen molar-refractivity contribution < 1.29 is 0 Å². The van der Waals surface area contributed by atoms with Crippen LogP contribution in [0.3, 0.4) is 0 Å². The molecule has 2 heterocycles. The second-order valence-electron chi connectivity index (χ2n) is 5.69. The van der Waals surface area contributed by atoms with Crippen LogP contribution in [0.15, 0.2) is 71.5 Å². The van der Waals surface area contributed by atoms with Crippen molar-refractivity contribution in [3.05, 3.63) is 77.6 Å². The van der Waals surface area contributed by atoms with E-state index in [1.807, 2.05) is 47.0 Å². The van der Waals surface area contributed by atoms with Crippen LogP contribution in [0.25, 0.3) is 5.69 Å². The number of nitrogens with zero attached hydrogens (tertiary/aromatic N) is 4. The van der Waals surface area contributed by atoms with Gasteiger partial charge in [0.05, 0.1) is 11.4 Å². The van der Waals surface area contributed by atoms with Gasteiger partial charge in [0.15, 0.2) is 10.3 Å². The quantitative estimate of drug-likeness (QED) is 0.474. The van der Waals surface area contributed by atoms with Gasteiger partial charge < -0.3 is 5.32 Å². The van der Waals surface area contributed by atoms with Gasteiger partial charge in [-0.15, -0.1) is 21.5 Å². The summed E-state index contributed by atoms with van der Waals surface area (Å²) in [5.74, 6) is 0.748. The van der Waals surface area contributed by atoms with E-state index in [1.54, 1.807) is 29.4 Å². The van der Waals surface area contributed by atoms with Crippen LogP contribution in [0.4, 0.5) is 10.8 Å². The SMILES string of the molecule is Cc1ccccc1-n1cnnc1SCc1csc(Nc2ccccc2)n1. The molecule has 2 aromatic heterocycles. The summed E-state index contributed by atoms with van der Waals surface area (Å²) in [7, 11) is 0. The minimum absolute atomic E-state index is 0.748. The van der Waals surface area contributed by atoms with Gasteiger partial charge in [-0.25, -0.2) is 4.98 Å². The number of thioether (sulfide) groups is 1. The molecule has 0 unspecified atom stereocenters. The van der Waals surface area contributed by atoms with Gasteiger partial charge in [-0.3, -0.25) is 4.57 Å². The van der Waals surface area contributed by atoms with E-state index in [2.05, 4.69) is 44.9 Å². The Balaban J connectivity index is 1.44. The number of aryl methyl sites for hydroxylation is 1.